The van der Waals surface area contributed by atoms with E-state index in [1.807, 2.05) is 19.1 Å². The lowest BCUT2D eigenvalue weighted by atomic mass is 10.0. The zero-order chi connectivity index (χ0) is 24.2. The highest BCUT2D eigenvalue weighted by molar-refractivity contribution is 6.04. The Morgan fingerprint density at radius 2 is 1.94 bits per heavy atom. The minimum atomic E-state index is -0.333. The third kappa shape index (κ3) is 8.00. The van der Waals surface area contributed by atoms with Gasteiger partial charge in [-0.15, -0.1) is 0 Å². The molecule has 1 unspecified atom stereocenters. The molecule has 0 bridgehead atoms. The van der Waals surface area contributed by atoms with Crippen molar-refractivity contribution in [1.29, 1.82) is 0 Å². The molecule has 2 heterocycles. The number of carbonyl (C=O) groups is 2. The van der Waals surface area contributed by atoms with Crippen LogP contribution in [0.15, 0.2) is 42.6 Å². The number of amides is 3. The molecule has 2 aromatic rings. The molecule has 1 aliphatic heterocycles. The Balaban J connectivity index is 1.59. The average Bonchev–Trinajstić information content (AvgIpc) is 2.86. The van der Waals surface area contributed by atoms with Crippen LogP contribution >= 0.6 is 0 Å². The predicted octanol–water partition coefficient (Wildman–Crippen LogP) is 3.17. The molecule has 0 aliphatic carbocycles. The third-order valence-electron chi connectivity index (χ3n) is 5.79. The van der Waals surface area contributed by atoms with Gasteiger partial charge in [-0.25, -0.2) is 4.79 Å². The number of pyridine rings is 1. The van der Waals surface area contributed by atoms with Gasteiger partial charge in [0.1, 0.15) is 5.69 Å². The number of hydrogen-bond acceptors (Lipinski definition) is 6. The number of ether oxygens (including phenoxy) is 1. The summed E-state index contributed by atoms with van der Waals surface area (Å²) in [6, 6.07) is 10.2. The van der Waals surface area contributed by atoms with Gasteiger partial charge in [-0.1, -0.05) is 25.1 Å². The number of hydrogen-bond donors (Lipinski definition) is 4. The molecular formula is C25H36N6O3. The molecule has 9 nitrogen and oxygen atoms in total. The zero-order valence-electron chi connectivity index (χ0n) is 19.9. The van der Waals surface area contributed by atoms with Gasteiger partial charge in [0.15, 0.2) is 0 Å². The fraction of sp³-hybridized carbons (Fsp3) is 0.480. The second-order valence-corrected chi connectivity index (χ2v) is 8.42. The number of para-hydroxylation sites is 2. The summed E-state index contributed by atoms with van der Waals surface area (Å²) >= 11 is 0. The maximum Gasteiger partial charge on any atom is 0.315 e. The van der Waals surface area contributed by atoms with E-state index in [4.69, 9.17) is 10.5 Å². The van der Waals surface area contributed by atoms with Crippen molar-refractivity contribution in [3.05, 3.63) is 53.9 Å². The van der Waals surface area contributed by atoms with E-state index in [1.54, 1.807) is 30.5 Å². The first kappa shape index (κ1) is 25.5. The van der Waals surface area contributed by atoms with Gasteiger partial charge < -0.3 is 26.4 Å². The molecule has 1 fully saturated rings. The highest BCUT2D eigenvalue weighted by Crippen LogP contribution is 2.21. The number of nitrogen functional groups attached to an aromatic ring is 1. The van der Waals surface area contributed by atoms with Gasteiger partial charge in [0.05, 0.1) is 30.6 Å². The summed E-state index contributed by atoms with van der Waals surface area (Å²) in [6.45, 7) is 7.20. The Kier molecular flexibility index (Phi) is 10.1. The van der Waals surface area contributed by atoms with Gasteiger partial charge in [-0.3, -0.25) is 14.7 Å². The minimum absolute atomic E-state index is 0.184. The van der Waals surface area contributed by atoms with E-state index in [2.05, 4.69) is 25.8 Å². The molecule has 0 spiro atoms. The Morgan fingerprint density at radius 1 is 1.15 bits per heavy atom. The normalized spacial score (nSPS) is 14.9. The van der Waals surface area contributed by atoms with Gasteiger partial charge in [-0.05, 0) is 56.0 Å². The molecule has 9 heteroatoms. The van der Waals surface area contributed by atoms with Crippen LogP contribution in [0.1, 0.15) is 54.7 Å². The molecule has 1 aromatic heterocycles. The maximum absolute atomic E-state index is 12.6. The number of benzene rings is 1. The van der Waals surface area contributed by atoms with E-state index in [0.29, 0.717) is 17.9 Å². The molecule has 1 saturated heterocycles. The molecule has 1 atom stereocenters. The Bertz CT molecular complexity index is 915. The molecule has 184 valence electrons. The van der Waals surface area contributed by atoms with Crippen molar-refractivity contribution in [2.75, 3.05) is 50.4 Å². The number of rotatable bonds is 11. The van der Waals surface area contributed by atoms with Crippen molar-refractivity contribution < 1.29 is 14.3 Å². The molecule has 1 aliphatic rings. The monoisotopic (exact) mass is 468 g/mol. The number of aromatic nitrogens is 1. The summed E-state index contributed by atoms with van der Waals surface area (Å²) in [6.07, 6.45) is 5.33. The van der Waals surface area contributed by atoms with Crippen molar-refractivity contribution in [3.8, 4) is 0 Å². The summed E-state index contributed by atoms with van der Waals surface area (Å²) in [5.74, 6) is -0.333. The fourth-order valence-corrected chi connectivity index (χ4v) is 3.82. The van der Waals surface area contributed by atoms with E-state index in [-0.39, 0.29) is 23.7 Å². The van der Waals surface area contributed by atoms with E-state index in [0.717, 1.165) is 64.1 Å². The van der Waals surface area contributed by atoms with Crippen LogP contribution in [0.25, 0.3) is 0 Å². The Labute approximate surface area is 201 Å². The summed E-state index contributed by atoms with van der Waals surface area (Å²) < 4.78 is 5.41. The lowest BCUT2D eigenvalue weighted by Crippen LogP contribution is -2.38. The number of carbonyl (C=O) groups excluding carboxylic acids is 2. The summed E-state index contributed by atoms with van der Waals surface area (Å²) in [7, 11) is 0. The van der Waals surface area contributed by atoms with Crippen LogP contribution in [-0.2, 0) is 4.74 Å². The van der Waals surface area contributed by atoms with Gasteiger partial charge in [0.2, 0.25) is 0 Å². The molecule has 3 amide bonds. The number of nitrogens with zero attached hydrogens (tertiary/aromatic N) is 2. The number of urea groups is 1. The first-order valence-corrected chi connectivity index (χ1v) is 12.0. The van der Waals surface area contributed by atoms with Gasteiger partial charge in [0.25, 0.3) is 5.91 Å². The van der Waals surface area contributed by atoms with Crippen LogP contribution in [0.3, 0.4) is 0 Å². The number of morpholine rings is 1. The highest BCUT2D eigenvalue weighted by atomic mass is 16.5. The summed E-state index contributed by atoms with van der Waals surface area (Å²) in [5, 5.41) is 8.71. The predicted molar refractivity (Wildman–Crippen MR) is 134 cm³/mol. The van der Waals surface area contributed by atoms with Crippen molar-refractivity contribution in [2.45, 2.75) is 38.6 Å². The van der Waals surface area contributed by atoms with Crippen molar-refractivity contribution in [3.63, 3.8) is 0 Å². The molecule has 0 saturated carbocycles. The second-order valence-electron chi connectivity index (χ2n) is 8.42. The van der Waals surface area contributed by atoms with Crippen LogP contribution in [0.5, 0.6) is 0 Å². The topological polar surface area (TPSA) is 122 Å². The van der Waals surface area contributed by atoms with Gasteiger partial charge in [0, 0.05) is 25.8 Å². The van der Waals surface area contributed by atoms with Crippen LogP contribution in [-0.4, -0.2) is 61.2 Å². The maximum atomic E-state index is 12.6. The van der Waals surface area contributed by atoms with Crippen molar-refractivity contribution >= 4 is 23.3 Å². The lowest BCUT2D eigenvalue weighted by molar-refractivity contribution is 0.0370. The second kappa shape index (κ2) is 13.5. The lowest BCUT2D eigenvalue weighted by Gasteiger charge is -2.26. The number of nitrogens with one attached hydrogen (secondary N) is 3. The van der Waals surface area contributed by atoms with E-state index < -0.39 is 0 Å². The first-order valence-electron chi connectivity index (χ1n) is 12.0. The van der Waals surface area contributed by atoms with Gasteiger partial charge >= 0.3 is 6.03 Å². The van der Waals surface area contributed by atoms with Gasteiger partial charge in [-0.2, -0.15) is 0 Å². The van der Waals surface area contributed by atoms with Crippen LogP contribution in [0.2, 0.25) is 0 Å². The largest absolute Gasteiger partial charge is 0.397 e. The minimum Gasteiger partial charge on any atom is -0.397 e. The highest BCUT2D eigenvalue weighted by Gasteiger charge is 2.17. The Morgan fingerprint density at radius 3 is 2.65 bits per heavy atom. The molecule has 0 radical (unpaired) electrons. The number of unbranched alkanes of at least 4 members (excludes halogenated alkanes) is 1. The van der Waals surface area contributed by atoms with E-state index >= 15 is 0 Å². The van der Waals surface area contributed by atoms with E-state index in [1.165, 1.54) is 0 Å². The SMILES string of the molecule is CCCNC(=O)NC(CCCCN1CCOCC1)c1ccc(C(=O)Nc2ccccc2N)nc1. The number of nitrogens with two attached hydrogens (primary N) is 1. The molecular weight excluding hydrogens is 432 g/mol. The Hall–Kier alpha value is -3.17. The standard InChI is InChI=1S/C25H36N6O3/c1-2-12-27-25(33)30-21(8-5-6-13-31-14-16-34-17-15-31)19-10-11-23(28-18-19)24(32)29-22-9-4-3-7-20(22)26/h3-4,7,9-11,18,21H,2,5-6,8,12-17,26H2,1H3,(H,29,32)(H2,27,30,33). The first-order chi connectivity index (χ1) is 16.6. The fourth-order valence-electron chi connectivity index (χ4n) is 3.82. The van der Waals surface area contributed by atoms with Crippen LogP contribution in [0, 0.1) is 0 Å². The van der Waals surface area contributed by atoms with Crippen molar-refractivity contribution in [2.24, 2.45) is 0 Å². The molecule has 3 rings (SSSR count). The smallest absolute Gasteiger partial charge is 0.315 e. The molecule has 5 N–H and O–H groups in total. The van der Waals surface area contributed by atoms with Crippen molar-refractivity contribution in [1.82, 2.24) is 20.5 Å². The third-order valence-corrected chi connectivity index (χ3v) is 5.79. The van der Waals surface area contributed by atoms with Crippen LogP contribution in [0.4, 0.5) is 16.2 Å². The summed E-state index contributed by atoms with van der Waals surface area (Å²) in [4.78, 5) is 31.7. The van der Waals surface area contributed by atoms with E-state index in [9.17, 15) is 9.59 Å². The molecule has 1 aromatic carbocycles. The number of anilines is 2. The average molecular weight is 469 g/mol. The summed E-state index contributed by atoms with van der Waals surface area (Å²) in [5.41, 5.74) is 8.10. The zero-order valence-corrected chi connectivity index (χ0v) is 19.9. The van der Waals surface area contributed by atoms with Crippen LogP contribution < -0.4 is 21.7 Å². The quantitative estimate of drug-likeness (QED) is 0.297. The molecule has 34 heavy (non-hydrogen) atoms.